The number of aryl methyl sites for hydroxylation is 1. The van der Waals surface area contributed by atoms with E-state index in [2.05, 4.69) is 4.98 Å². The molecule has 1 amide bonds. The van der Waals surface area contributed by atoms with Gasteiger partial charge in [0, 0.05) is 29.6 Å². The number of halogens is 2. The molecule has 7 heteroatoms. The van der Waals surface area contributed by atoms with Gasteiger partial charge in [0.15, 0.2) is 0 Å². The quantitative estimate of drug-likeness (QED) is 0.540. The molecule has 0 aliphatic heterocycles. The topological polar surface area (TPSA) is 42.4 Å². The van der Waals surface area contributed by atoms with Crippen LogP contribution in [-0.4, -0.2) is 22.8 Å². The number of amides is 1. The molecule has 0 spiro atoms. The summed E-state index contributed by atoms with van der Waals surface area (Å²) in [5.41, 5.74) is 2.15. The van der Waals surface area contributed by atoms with Gasteiger partial charge in [-0.15, -0.1) is 11.3 Å². The van der Waals surface area contributed by atoms with Crippen LogP contribution in [0.2, 0.25) is 5.02 Å². The fraction of sp³-hybridized carbons (Fsp3) is 0.238. The van der Waals surface area contributed by atoms with Crippen molar-refractivity contribution in [2.75, 3.05) is 7.05 Å². The van der Waals surface area contributed by atoms with Crippen LogP contribution in [0.4, 0.5) is 4.39 Å². The van der Waals surface area contributed by atoms with Gasteiger partial charge in [-0.1, -0.05) is 35.4 Å². The maximum Gasteiger partial charge on any atom is 0.228 e. The number of carbonyl (C=O) groups is 1. The average Bonchev–Trinajstić information content (AvgIpc) is 3.11. The number of thiazole rings is 1. The van der Waals surface area contributed by atoms with Crippen molar-refractivity contribution in [1.29, 1.82) is 0 Å². The summed E-state index contributed by atoms with van der Waals surface area (Å²) in [7, 11) is 1.62. The van der Waals surface area contributed by atoms with Gasteiger partial charge < -0.3 is 9.64 Å². The third-order valence-electron chi connectivity index (χ3n) is 4.20. The van der Waals surface area contributed by atoms with E-state index < -0.39 is 5.82 Å². The summed E-state index contributed by atoms with van der Waals surface area (Å²) < 4.78 is 19.6. The van der Waals surface area contributed by atoms with E-state index in [4.69, 9.17) is 16.3 Å². The van der Waals surface area contributed by atoms with E-state index in [-0.39, 0.29) is 18.9 Å². The summed E-state index contributed by atoms with van der Waals surface area (Å²) in [6.45, 7) is 2.48. The van der Waals surface area contributed by atoms with Gasteiger partial charge >= 0.3 is 0 Å². The molecule has 28 heavy (non-hydrogen) atoms. The summed E-state index contributed by atoms with van der Waals surface area (Å²) >= 11 is 7.48. The highest BCUT2D eigenvalue weighted by atomic mass is 35.5. The highest BCUT2D eigenvalue weighted by molar-refractivity contribution is 7.09. The minimum atomic E-state index is -0.420. The molecule has 0 aliphatic carbocycles. The van der Waals surface area contributed by atoms with Crippen LogP contribution >= 0.6 is 22.9 Å². The molecule has 0 bridgehead atoms. The molecule has 1 heterocycles. The van der Waals surface area contributed by atoms with Crippen molar-refractivity contribution < 1.29 is 13.9 Å². The normalized spacial score (nSPS) is 10.7. The number of hydrogen-bond donors (Lipinski definition) is 0. The molecule has 0 atom stereocenters. The monoisotopic (exact) mass is 418 g/mol. The van der Waals surface area contributed by atoms with E-state index in [0.717, 1.165) is 10.8 Å². The molecule has 4 nitrogen and oxygen atoms in total. The number of hydrogen-bond acceptors (Lipinski definition) is 4. The number of nitrogens with zero attached hydrogens (tertiary/aromatic N) is 2. The molecule has 0 unspecified atom stereocenters. The minimum Gasteiger partial charge on any atom is -0.486 e. The maximum absolute atomic E-state index is 13.9. The average molecular weight is 419 g/mol. The van der Waals surface area contributed by atoms with Crippen LogP contribution < -0.4 is 4.74 Å². The zero-order chi connectivity index (χ0) is 20.1. The van der Waals surface area contributed by atoms with Crippen LogP contribution in [0.5, 0.6) is 5.75 Å². The Morgan fingerprint density at radius 2 is 2.00 bits per heavy atom. The molecule has 3 rings (SSSR count). The van der Waals surface area contributed by atoms with Crippen molar-refractivity contribution in [3.8, 4) is 5.75 Å². The zero-order valence-corrected chi connectivity index (χ0v) is 17.2. The van der Waals surface area contributed by atoms with Gasteiger partial charge in [-0.2, -0.15) is 0 Å². The van der Waals surface area contributed by atoms with Gasteiger partial charge in [-0.25, -0.2) is 9.37 Å². The highest BCUT2D eigenvalue weighted by Crippen LogP contribution is 2.21. The Morgan fingerprint density at radius 1 is 1.25 bits per heavy atom. The Morgan fingerprint density at radius 3 is 2.71 bits per heavy atom. The fourth-order valence-electron chi connectivity index (χ4n) is 2.57. The zero-order valence-electron chi connectivity index (χ0n) is 15.6. The minimum absolute atomic E-state index is 0.109. The summed E-state index contributed by atoms with van der Waals surface area (Å²) in [6, 6.07) is 12.3. The number of carbonyl (C=O) groups excluding carboxylic acids is 1. The molecule has 3 aromatic rings. The van der Waals surface area contributed by atoms with E-state index in [0.29, 0.717) is 22.9 Å². The molecule has 0 N–H and O–H groups in total. The van der Waals surface area contributed by atoms with Crippen LogP contribution in [0.3, 0.4) is 0 Å². The summed E-state index contributed by atoms with van der Waals surface area (Å²) in [5, 5.41) is 2.95. The lowest BCUT2D eigenvalue weighted by molar-refractivity contribution is -0.129. The summed E-state index contributed by atoms with van der Waals surface area (Å²) in [6.07, 6.45) is 0.142. The Labute approximate surface area is 172 Å². The summed E-state index contributed by atoms with van der Waals surface area (Å²) in [4.78, 5) is 18.4. The van der Waals surface area contributed by atoms with Crippen LogP contribution in [-0.2, 0) is 24.4 Å². The van der Waals surface area contributed by atoms with Gasteiger partial charge in [-0.3, -0.25) is 4.79 Å². The van der Waals surface area contributed by atoms with E-state index in [1.165, 1.54) is 27.9 Å². The number of aromatic nitrogens is 1. The first-order valence-corrected chi connectivity index (χ1v) is 9.97. The van der Waals surface area contributed by atoms with E-state index >= 15 is 0 Å². The number of ether oxygens (including phenoxy) is 1. The molecule has 0 aliphatic rings. The van der Waals surface area contributed by atoms with Crippen LogP contribution in [0.25, 0.3) is 0 Å². The highest BCUT2D eigenvalue weighted by Gasteiger charge is 2.16. The Kier molecular flexibility index (Phi) is 6.65. The van der Waals surface area contributed by atoms with Crippen molar-refractivity contribution in [2.24, 2.45) is 0 Å². The van der Waals surface area contributed by atoms with Crippen molar-refractivity contribution in [2.45, 2.75) is 26.5 Å². The van der Waals surface area contributed by atoms with E-state index in [1.54, 1.807) is 19.2 Å². The van der Waals surface area contributed by atoms with Gasteiger partial charge in [0.25, 0.3) is 0 Å². The largest absolute Gasteiger partial charge is 0.486 e. The molecule has 0 radical (unpaired) electrons. The Bertz CT molecular complexity index is 939. The third-order valence-corrected chi connectivity index (χ3v) is 5.42. The molecule has 0 fully saturated rings. The maximum atomic E-state index is 13.9. The SMILES string of the molecule is Cc1ccc(OCc2nc(CC(=O)N(C)Cc3c(F)cccc3Cl)cs2)cc1. The first kappa shape index (κ1) is 20.3. The number of likely N-dealkylation sites (N-methyl/N-ethyl adjacent to an activating group) is 1. The molecular weight excluding hydrogens is 399 g/mol. The molecule has 0 saturated heterocycles. The predicted octanol–water partition coefficient (Wildman–Crippen LogP) is 5.02. The number of rotatable bonds is 7. The van der Waals surface area contributed by atoms with Gasteiger partial charge in [-0.05, 0) is 31.2 Å². The second-order valence-electron chi connectivity index (χ2n) is 6.46. The van der Waals surface area contributed by atoms with Gasteiger partial charge in [0.2, 0.25) is 5.91 Å². The molecule has 1 aromatic heterocycles. The first-order valence-electron chi connectivity index (χ1n) is 8.72. The van der Waals surface area contributed by atoms with Crippen molar-refractivity contribution in [3.63, 3.8) is 0 Å². The Balaban J connectivity index is 1.55. The van der Waals surface area contributed by atoms with Crippen LogP contribution in [0.15, 0.2) is 47.8 Å². The number of benzene rings is 2. The fourth-order valence-corrected chi connectivity index (χ4v) is 3.50. The molecule has 146 valence electrons. The van der Waals surface area contributed by atoms with E-state index in [1.807, 2.05) is 36.6 Å². The second kappa shape index (κ2) is 9.17. The molecule has 0 saturated carbocycles. The van der Waals surface area contributed by atoms with Crippen molar-refractivity contribution in [3.05, 3.63) is 80.5 Å². The smallest absolute Gasteiger partial charge is 0.228 e. The third kappa shape index (κ3) is 5.30. The van der Waals surface area contributed by atoms with E-state index in [9.17, 15) is 9.18 Å². The van der Waals surface area contributed by atoms with Crippen LogP contribution in [0, 0.1) is 12.7 Å². The Hall–Kier alpha value is -2.44. The standard InChI is InChI=1S/C21H20ClFN2O2S/c1-14-6-8-16(9-7-14)27-12-20-24-15(13-28-20)10-21(26)25(2)11-17-18(22)4-3-5-19(17)23/h3-9,13H,10-12H2,1-2H3. The van der Waals surface area contributed by atoms with Gasteiger partial charge in [0.05, 0.1) is 12.1 Å². The summed E-state index contributed by atoms with van der Waals surface area (Å²) in [5.74, 6) is 0.201. The first-order chi connectivity index (χ1) is 13.4. The van der Waals surface area contributed by atoms with Crippen LogP contribution in [0.1, 0.15) is 21.8 Å². The predicted molar refractivity (Wildman–Crippen MR) is 109 cm³/mol. The lowest BCUT2D eigenvalue weighted by Gasteiger charge is -2.18. The second-order valence-corrected chi connectivity index (χ2v) is 7.81. The molecular formula is C21H20ClFN2O2S. The van der Waals surface area contributed by atoms with Crippen molar-refractivity contribution in [1.82, 2.24) is 9.88 Å². The molecule has 2 aromatic carbocycles. The lowest BCUT2D eigenvalue weighted by atomic mass is 10.2. The van der Waals surface area contributed by atoms with Crippen molar-refractivity contribution >= 4 is 28.8 Å². The lowest BCUT2D eigenvalue weighted by Crippen LogP contribution is -2.28. The van der Waals surface area contributed by atoms with Gasteiger partial charge in [0.1, 0.15) is 23.2 Å².